The van der Waals surface area contributed by atoms with Gasteiger partial charge in [0.25, 0.3) is 12.9 Å². The van der Waals surface area contributed by atoms with E-state index in [1.54, 1.807) is 18.7 Å². The molecule has 182 valence electrons. The third-order valence-corrected chi connectivity index (χ3v) is 5.42. The molecule has 1 fully saturated rings. The van der Waals surface area contributed by atoms with Crippen LogP contribution in [0.25, 0.3) is 11.0 Å². The molecule has 3 heterocycles. The predicted molar refractivity (Wildman–Crippen MR) is 126 cm³/mol. The van der Waals surface area contributed by atoms with Crippen LogP contribution in [0.4, 0.5) is 4.79 Å². The lowest BCUT2D eigenvalue weighted by molar-refractivity contribution is -0.123. The van der Waals surface area contributed by atoms with E-state index in [-0.39, 0.29) is 25.0 Å². The number of aromatic amines is 1. The Morgan fingerprint density at radius 3 is 2.44 bits per heavy atom. The van der Waals surface area contributed by atoms with Crippen LogP contribution in [-0.4, -0.2) is 80.1 Å². The van der Waals surface area contributed by atoms with Gasteiger partial charge in [-0.2, -0.15) is 0 Å². The van der Waals surface area contributed by atoms with Crippen LogP contribution in [0.3, 0.4) is 0 Å². The van der Waals surface area contributed by atoms with Crippen molar-refractivity contribution in [3.63, 3.8) is 0 Å². The number of carboxylic acid groups (broad SMARTS) is 2. The number of hydrogen-bond acceptors (Lipinski definition) is 6. The fourth-order valence-electron chi connectivity index (χ4n) is 3.73. The zero-order valence-electron chi connectivity index (χ0n) is 19.0. The number of hydrogen-bond donors (Lipinski definition) is 4. The normalized spacial score (nSPS) is 13.6. The topological polar surface area (TPSA) is 152 Å². The molecule has 0 bridgehead atoms. The maximum absolute atomic E-state index is 13.1. The molecule has 0 spiro atoms. The number of rotatable bonds is 5. The number of nitrogens with zero attached hydrogens (tertiary/aromatic N) is 4. The molecule has 4 rings (SSSR count). The largest absolute Gasteiger partial charge is 0.483 e. The van der Waals surface area contributed by atoms with Crippen LogP contribution in [0.15, 0.2) is 49.1 Å². The van der Waals surface area contributed by atoms with Gasteiger partial charge in [-0.1, -0.05) is 6.07 Å². The van der Waals surface area contributed by atoms with Crippen molar-refractivity contribution in [3.8, 4) is 0 Å². The van der Waals surface area contributed by atoms with Gasteiger partial charge in [-0.05, 0) is 68.4 Å². The summed E-state index contributed by atoms with van der Waals surface area (Å²) in [7, 11) is 2.13. The number of piperidine rings is 1. The van der Waals surface area contributed by atoms with E-state index in [0.29, 0.717) is 13.1 Å². The summed E-state index contributed by atoms with van der Waals surface area (Å²) in [6.07, 6.45) is 7.23. The minimum absolute atomic E-state index is 0.0175. The van der Waals surface area contributed by atoms with Gasteiger partial charge in [0, 0.05) is 31.5 Å². The van der Waals surface area contributed by atoms with Crippen LogP contribution < -0.4 is 5.32 Å². The molecule has 0 aliphatic carbocycles. The summed E-state index contributed by atoms with van der Waals surface area (Å²) in [4.78, 5) is 45.5. The summed E-state index contributed by atoms with van der Waals surface area (Å²) in [5, 5.41) is 16.9. The first-order chi connectivity index (χ1) is 16.5. The molecule has 2 aromatic heterocycles. The van der Waals surface area contributed by atoms with Gasteiger partial charge < -0.3 is 30.3 Å². The number of nitrogens with one attached hydrogen (secondary N) is 2. The number of amides is 2. The predicted octanol–water partition coefficient (Wildman–Crippen LogP) is 2.17. The van der Waals surface area contributed by atoms with Crippen LogP contribution in [0.5, 0.6) is 0 Å². The number of carbonyl (C=O) groups excluding carboxylic acids is 1. The standard InChI is InChI=1S/C21H26N6O.2CH2O2/c1-26-10-6-18(7-11-26)27(14-16-4-8-22-9-5-16)21(28)23-13-17-2-3-19-20(12-17)25-15-24-19;2*2-1-3/h2-5,8-9,12,15,18H,6-7,10-11,13-14H2,1H3,(H,23,28)(H,24,25);2*1H,(H,2,3). The molecule has 3 aromatic rings. The van der Waals surface area contributed by atoms with Crippen molar-refractivity contribution in [3.05, 3.63) is 60.2 Å². The van der Waals surface area contributed by atoms with Gasteiger partial charge in [0.05, 0.1) is 17.4 Å². The molecule has 1 aromatic carbocycles. The van der Waals surface area contributed by atoms with Crippen LogP contribution >= 0.6 is 0 Å². The first kappa shape index (κ1) is 26.3. The zero-order chi connectivity index (χ0) is 24.8. The summed E-state index contributed by atoms with van der Waals surface area (Å²) in [6.45, 7) is 2.62. The molecule has 2 amide bonds. The van der Waals surface area contributed by atoms with Crippen LogP contribution in [0, 0.1) is 0 Å². The Balaban J connectivity index is 0.000000618. The van der Waals surface area contributed by atoms with E-state index in [4.69, 9.17) is 19.8 Å². The second-order valence-electron chi connectivity index (χ2n) is 7.64. The first-order valence-electron chi connectivity index (χ1n) is 10.7. The lowest BCUT2D eigenvalue weighted by atomic mass is 10.0. The highest BCUT2D eigenvalue weighted by Gasteiger charge is 2.27. The van der Waals surface area contributed by atoms with E-state index in [1.165, 1.54) is 0 Å². The fourth-order valence-corrected chi connectivity index (χ4v) is 3.73. The van der Waals surface area contributed by atoms with E-state index in [9.17, 15) is 4.79 Å². The quantitative estimate of drug-likeness (QED) is 0.414. The molecule has 0 radical (unpaired) electrons. The van der Waals surface area contributed by atoms with E-state index in [2.05, 4.69) is 32.2 Å². The molecule has 1 aliphatic heterocycles. The van der Waals surface area contributed by atoms with Gasteiger partial charge >= 0.3 is 6.03 Å². The van der Waals surface area contributed by atoms with Crippen molar-refractivity contribution in [1.82, 2.24) is 30.1 Å². The Bertz CT molecular complexity index is 1010. The van der Waals surface area contributed by atoms with Crippen molar-refractivity contribution in [2.75, 3.05) is 20.1 Å². The monoisotopic (exact) mass is 470 g/mol. The molecule has 0 unspecified atom stereocenters. The number of benzene rings is 1. The lowest BCUT2D eigenvalue weighted by Crippen LogP contribution is -2.49. The van der Waals surface area contributed by atoms with E-state index in [1.807, 2.05) is 35.2 Å². The summed E-state index contributed by atoms with van der Waals surface area (Å²) in [6, 6.07) is 10.2. The number of likely N-dealkylation sites (tertiary alicyclic amines) is 1. The summed E-state index contributed by atoms with van der Waals surface area (Å²) >= 11 is 0. The number of urea groups is 1. The van der Waals surface area contributed by atoms with Crippen LogP contribution in [0.1, 0.15) is 24.0 Å². The number of aromatic nitrogens is 3. The number of carbonyl (C=O) groups is 3. The Labute approximate surface area is 197 Å². The Morgan fingerprint density at radius 1 is 1.15 bits per heavy atom. The minimum atomic E-state index is -0.250. The molecule has 1 aliphatic rings. The lowest BCUT2D eigenvalue weighted by Gasteiger charge is -2.37. The SMILES string of the molecule is CN1CCC(N(Cc2ccncc2)C(=O)NCc2ccc3nc[nH]c3c2)CC1.O=CO.O=CO. The van der Waals surface area contributed by atoms with Gasteiger partial charge in [-0.15, -0.1) is 0 Å². The summed E-state index contributed by atoms with van der Waals surface area (Å²) < 4.78 is 0. The second kappa shape index (κ2) is 14.2. The average molecular weight is 471 g/mol. The molecule has 11 nitrogen and oxygen atoms in total. The van der Waals surface area contributed by atoms with E-state index < -0.39 is 0 Å². The van der Waals surface area contributed by atoms with Gasteiger partial charge in [0.15, 0.2) is 0 Å². The number of imidazole rings is 1. The maximum atomic E-state index is 13.1. The van der Waals surface area contributed by atoms with Crippen molar-refractivity contribution in [2.24, 2.45) is 0 Å². The third kappa shape index (κ3) is 8.17. The average Bonchev–Trinajstić information content (AvgIpc) is 3.31. The molecule has 11 heteroatoms. The van der Waals surface area contributed by atoms with Gasteiger partial charge in [0.1, 0.15) is 0 Å². The maximum Gasteiger partial charge on any atom is 0.318 e. The first-order valence-corrected chi connectivity index (χ1v) is 10.7. The highest BCUT2D eigenvalue weighted by atomic mass is 16.3. The van der Waals surface area contributed by atoms with E-state index >= 15 is 0 Å². The molecule has 0 atom stereocenters. The Hall–Kier alpha value is -3.99. The molecule has 0 saturated carbocycles. The number of fused-ring (bicyclic) bond motifs is 1. The van der Waals surface area contributed by atoms with Crippen molar-refractivity contribution < 1.29 is 24.6 Å². The molecule has 4 N–H and O–H groups in total. The third-order valence-electron chi connectivity index (χ3n) is 5.42. The number of pyridine rings is 1. The molecule has 34 heavy (non-hydrogen) atoms. The highest BCUT2D eigenvalue weighted by molar-refractivity contribution is 5.76. The zero-order valence-corrected chi connectivity index (χ0v) is 19.0. The van der Waals surface area contributed by atoms with E-state index in [0.717, 1.165) is 48.1 Å². The van der Waals surface area contributed by atoms with Crippen molar-refractivity contribution in [1.29, 1.82) is 0 Å². The molecule has 1 saturated heterocycles. The molecular weight excluding hydrogens is 440 g/mol. The fraction of sp³-hybridized carbons (Fsp3) is 0.348. The highest BCUT2D eigenvalue weighted by Crippen LogP contribution is 2.19. The Morgan fingerprint density at radius 2 is 1.79 bits per heavy atom. The van der Waals surface area contributed by atoms with Gasteiger partial charge in [0.2, 0.25) is 0 Å². The summed E-state index contributed by atoms with van der Waals surface area (Å²) in [5.74, 6) is 0. The van der Waals surface area contributed by atoms with Gasteiger partial charge in [-0.25, -0.2) is 9.78 Å². The van der Waals surface area contributed by atoms with Crippen molar-refractivity contribution in [2.45, 2.75) is 32.0 Å². The Kier molecular flexibility index (Phi) is 11.0. The van der Waals surface area contributed by atoms with Crippen molar-refractivity contribution >= 4 is 30.0 Å². The second-order valence-corrected chi connectivity index (χ2v) is 7.64. The smallest absolute Gasteiger partial charge is 0.318 e. The number of H-pyrrole nitrogens is 1. The van der Waals surface area contributed by atoms with Crippen LogP contribution in [-0.2, 0) is 22.7 Å². The van der Waals surface area contributed by atoms with Gasteiger partial charge in [-0.3, -0.25) is 14.6 Å². The minimum Gasteiger partial charge on any atom is -0.483 e. The molecular formula is C23H30N6O5. The summed E-state index contributed by atoms with van der Waals surface area (Å²) in [5.41, 5.74) is 4.07. The van der Waals surface area contributed by atoms with Crippen LogP contribution in [0.2, 0.25) is 0 Å².